The van der Waals surface area contributed by atoms with Crippen LogP contribution < -0.4 is 0 Å². The maximum absolute atomic E-state index is 12.0. The molecule has 0 aliphatic carbocycles. The predicted octanol–water partition coefficient (Wildman–Crippen LogP) is 1.49. The van der Waals surface area contributed by atoms with Gasteiger partial charge in [0, 0.05) is 6.54 Å². The highest BCUT2D eigenvalue weighted by Crippen LogP contribution is 2.20. The monoisotopic (exact) mass is 259 g/mol. The first-order valence-corrected chi connectivity index (χ1v) is 6.03. The van der Waals surface area contributed by atoms with Crippen LogP contribution in [0.15, 0.2) is 0 Å². The third kappa shape index (κ3) is 4.18. The lowest BCUT2D eigenvalue weighted by atomic mass is 10.1. The Balaban J connectivity index is 2.75. The molecule has 2 atom stereocenters. The van der Waals surface area contributed by atoms with Crippen molar-refractivity contribution in [3.8, 4) is 0 Å². The average Bonchev–Trinajstić information content (AvgIpc) is 2.17. The predicted molar refractivity (Wildman–Crippen MR) is 64.4 cm³/mol. The summed E-state index contributed by atoms with van der Waals surface area (Å²) >= 11 is 0. The lowest BCUT2D eigenvalue weighted by molar-refractivity contribution is -0.142. The zero-order chi connectivity index (χ0) is 13.9. The number of carboxylic acids is 1. The lowest BCUT2D eigenvalue weighted by Crippen LogP contribution is -2.54. The molecule has 1 amide bonds. The van der Waals surface area contributed by atoms with Crippen molar-refractivity contribution >= 4 is 12.1 Å². The molecule has 1 rings (SSSR count). The third-order valence-electron chi connectivity index (χ3n) is 2.67. The van der Waals surface area contributed by atoms with Gasteiger partial charge in [-0.05, 0) is 27.7 Å². The molecular formula is C12H21NO5. The molecule has 0 spiro atoms. The standard InChI is InChI=1S/C12H21NO5/c1-8-9(7-10(14)15)13(5-6-17-8)11(16)18-12(2,3)4/h8-9H,5-7H2,1-4H3,(H,14,15). The second kappa shape index (κ2) is 5.56. The summed E-state index contributed by atoms with van der Waals surface area (Å²) in [6, 6.07) is -0.480. The van der Waals surface area contributed by atoms with Gasteiger partial charge in [-0.15, -0.1) is 0 Å². The molecule has 6 nitrogen and oxygen atoms in total. The summed E-state index contributed by atoms with van der Waals surface area (Å²) in [6.45, 7) is 7.86. The zero-order valence-corrected chi connectivity index (χ0v) is 11.3. The average molecular weight is 259 g/mol. The third-order valence-corrected chi connectivity index (χ3v) is 2.67. The fourth-order valence-electron chi connectivity index (χ4n) is 1.87. The van der Waals surface area contributed by atoms with Crippen LogP contribution in [0.1, 0.15) is 34.1 Å². The highest BCUT2D eigenvalue weighted by atomic mass is 16.6. The molecule has 1 aliphatic heterocycles. The summed E-state index contributed by atoms with van der Waals surface area (Å²) in [7, 11) is 0. The van der Waals surface area contributed by atoms with Gasteiger partial charge < -0.3 is 14.6 Å². The van der Waals surface area contributed by atoms with E-state index in [4.69, 9.17) is 14.6 Å². The van der Waals surface area contributed by atoms with Crippen molar-refractivity contribution in [2.24, 2.45) is 0 Å². The number of aliphatic carboxylic acids is 1. The maximum Gasteiger partial charge on any atom is 0.410 e. The van der Waals surface area contributed by atoms with Crippen molar-refractivity contribution in [2.75, 3.05) is 13.2 Å². The van der Waals surface area contributed by atoms with Crippen LogP contribution in [0.3, 0.4) is 0 Å². The molecule has 1 aliphatic rings. The van der Waals surface area contributed by atoms with Gasteiger partial charge in [-0.1, -0.05) is 0 Å². The molecule has 6 heteroatoms. The molecule has 1 N–H and O–H groups in total. The van der Waals surface area contributed by atoms with E-state index in [0.29, 0.717) is 13.2 Å². The molecule has 2 unspecified atom stereocenters. The van der Waals surface area contributed by atoms with E-state index in [9.17, 15) is 9.59 Å². The Morgan fingerprint density at radius 2 is 2.06 bits per heavy atom. The summed E-state index contributed by atoms with van der Waals surface area (Å²) < 4.78 is 10.7. The molecule has 0 aromatic carbocycles. The largest absolute Gasteiger partial charge is 0.481 e. The van der Waals surface area contributed by atoms with Gasteiger partial charge in [0.15, 0.2) is 0 Å². The SMILES string of the molecule is CC1OCCN(C(=O)OC(C)(C)C)C1CC(=O)O. The van der Waals surface area contributed by atoms with Gasteiger partial charge in [-0.3, -0.25) is 9.69 Å². The second-order valence-electron chi connectivity index (χ2n) is 5.41. The molecule has 0 aromatic rings. The number of carbonyl (C=O) groups excluding carboxylic acids is 1. The van der Waals surface area contributed by atoms with Gasteiger partial charge >= 0.3 is 12.1 Å². The van der Waals surface area contributed by atoms with Gasteiger partial charge in [-0.25, -0.2) is 4.79 Å². The van der Waals surface area contributed by atoms with Crippen molar-refractivity contribution in [3.63, 3.8) is 0 Å². The summed E-state index contributed by atoms with van der Waals surface area (Å²) in [5.74, 6) is -0.953. The van der Waals surface area contributed by atoms with Crippen LogP contribution in [0.2, 0.25) is 0 Å². The van der Waals surface area contributed by atoms with E-state index in [1.54, 1.807) is 27.7 Å². The summed E-state index contributed by atoms with van der Waals surface area (Å²) in [6.07, 6.45) is -0.924. The molecule has 0 saturated carbocycles. The highest BCUT2D eigenvalue weighted by Gasteiger charge is 2.36. The van der Waals surface area contributed by atoms with Crippen molar-refractivity contribution in [1.29, 1.82) is 0 Å². The Bertz CT molecular complexity index is 323. The minimum absolute atomic E-state index is 0.138. The minimum Gasteiger partial charge on any atom is -0.481 e. The Hall–Kier alpha value is -1.30. The first-order chi connectivity index (χ1) is 8.20. The topological polar surface area (TPSA) is 76.1 Å². The zero-order valence-electron chi connectivity index (χ0n) is 11.3. The number of ether oxygens (including phenoxy) is 2. The van der Waals surface area contributed by atoms with Crippen LogP contribution in [-0.2, 0) is 14.3 Å². The second-order valence-corrected chi connectivity index (χ2v) is 5.41. The quantitative estimate of drug-likeness (QED) is 0.813. The molecule has 1 saturated heterocycles. The Kier molecular flexibility index (Phi) is 4.56. The fraction of sp³-hybridized carbons (Fsp3) is 0.833. The highest BCUT2D eigenvalue weighted by molar-refractivity contribution is 5.72. The number of amides is 1. The van der Waals surface area contributed by atoms with Gasteiger partial charge in [0.05, 0.1) is 25.2 Å². The molecule has 18 heavy (non-hydrogen) atoms. The molecule has 1 heterocycles. The summed E-state index contributed by atoms with van der Waals surface area (Å²) in [4.78, 5) is 24.3. The van der Waals surface area contributed by atoms with Crippen molar-refractivity contribution in [2.45, 2.75) is 51.9 Å². The van der Waals surface area contributed by atoms with Crippen molar-refractivity contribution < 1.29 is 24.2 Å². The molecule has 0 aromatic heterocycles. The Labute approximate surface area is 107 Å². The number of hydrogen-bond donors (Lipinski definition) is 1. The Morgan fingerprint density at radius 1 is 1.44 bits per heavy atom. The van der Waals surface area contributed by atoms with E-state index < -0.39 is 23.7 Å². The normalized spacial score (nSPS) is 24.8. The first kappa shape index (κ1) is 14.8. The smallest absolute Gasteiger partial charge is 0.410 e. The number of nitrogens with zero attached hydrogens (tertiary/aromatic N) is 1. The van der Waals surface area contributed by atoms with Crippen molar-refractivity contribution in [1.82, 2.24) is 4.90 Å². The van der Waals surface area contributed by atoms with Crippen LogP contribution in [0, 0.1) is 0 Å². The van der Waals surface area contributed by atoms with E-state index in [1.807, 2.05) is 0 Å². The van der Waals surface area contributed by atoms with Crippen LogP contribution in [0.4, 0.5) is 4.79 Å². The van der Waals surface area contributed by atoms with E-state index in [0.717, 1.165) is 0 Å². The van der Waals surface area contributed by atoms with Gasteiger partial charge in [0.2, 0.25) is 0 Å². The van der Waals surface area contributed by atoms with E-state index in [1.165, 1.54) is 4.90 Å². The number of hydrogen-bond acceptors (Lipinski definition) is 4. The van der Waals surface area contributed by atoms with Crippen LogP contribution in [0.25, 0.3) is 0 Å². The number of rotatable bonds is 2. The summed E-state index contributed by atoms with van der Waals surface area (Å²) in [5.41, 5.74) is -0.591. The van der Waals surface area contributed by atoms with E-state index >= 15 is 0 Å². The lowest BCUT2D eigenvalue weighted by Gasteiger charge is -2.39. The molecule has 104 valence electrons. The van der Waals surface area contributed by atoms with Crippen LogP contribution >= 0.6 is 0 Å². The number of morpholine rings is 1. The maximum atomic E-state index is 12.0. The van der Waals surface area contributed by atoms with Gasteiger partial charge in [0.1, 0.15) is 5.60 Å². The molecule has 1 fully saturated rings. The molecule has 0 bridgehead atoms. The van der Waals surface area contributed by atoms with E-state index in [-0.39, 0.29) is 12.5 Å². The Morgan fingerprint density at radius 3 is 2.56 bits per heavy atom. The first-order valence-electron chi connectivity index (χ1n) is 6.03. The molecule has 0 radical (unpaired) electrons. The van der Waals surface area contributed by atoms with Gasteiger partial charge in [0.25, 0.3) is 0 Å². The molecular weight excluding hydrogens is 238 g/mol. The van der Waals surface area contributed by atoms with Crippen LogP contribution in [-0.4, -0.2) is 53.0 Å². The summed E-state index contributed by atoms with van der Waals surface area (Å²) in [5, 5.41) is 8.88. The van der Waals surface area contributed by atoms with E-state index in [2.05, 4.69) is 0 Å². The number of carboxylic acid groups (broad SMARTS) is 1. The van der Waals surface area contributed by atoms with Gasteiger partial charge in [-0.2, -0.15) is 0 Å². The van der Waals surface area contributed by atoms with Crippen molar-refractivity contribution in [3.05, 3.63) is 0 Å². The number of carbonyl (C=O) groups is 2. The fourth-order valence-corrected chi connectivity index (χ4v) is 1.87. The minimum atomic E-state index is -0.953. The van der Waals surface area contributed by atoms with Crippen LogP contribution in [0.5, 0.6) is 0 Å².